The number of nitrogens with one attached hydrogen (secondary N) is 1. The summed E-state index contributed by atoms with van der Waals surface area (Å²) in [6.45, 7) is 1.67. The van der Waals surface area contributed by atoms with Crippen LogP contribution in [0.5, 0.6) is 0 Å². The number of nitrogen functional groups attached to an aromatic ring is 1. The molecule has 0 heterocycles. The van der Waals surface area contributed by atoms with Crippen molar-refractivity contribution in [2.24, 2.45) is 0 Å². The van der Waals surface area contributed by atoms with Gasteiger partial charge in [-0.15, -0.1) is 0 Å². The molecule has 0 bridgehead atoms. The monoisotopic (exact) mass is 328 g/mol. The van der Waals surface area contributed by atoms with Crippen molar-refractivity contribution in [3.05, 3.63) is 22.2 Å². The second kappa shape index (κ2) is 5.13. The van der Waals surface area contributed by atoms with E-state index in [2.05, 4.69) is 15.9 Å². The average Bonchev–Trinajstić information content (AvgIpc) is 2.25. The number of hydrogen-bond acceptors (Lipinski definition) is 2. The predicted molar refractivity (Wildman–Crippen MR) is 62.9 cm³/mol. The second-order valence-corrected chi connectivity index (χ2v) is 4.42. The smallest absolute Gasteiger partial charge is 0.383 e. The minimum Gasteiger partial charge on any atom is -0.398 e. The first-order valence-electron chi connectivity index (χ1n) is 4.69. The lowest BCUT2D eigenvalue weighted by Gasteiger charge is -2.16. The first kappa shape index (κ1) is 14.7. The lowest BCUT2D eigenvalue weighted by atomic mass is 10.2. The fourth-order valence-electron chi connectivity index (χ4n) is 1.09. The Kier molecular flexibility index (Phi) is 4.20. The van der Waals surface area contributed by atoms with E-state index < -0.39 is 18.3 Å². The van der Waals surface area contributed by atoms with Gasteiger partial charge in [-0.1, -0.05) is 0 Å². The molecule has 0 unspecified atom stereocenters. The summed E-state index contributed by atoms with van der Waals surface area (Å²) < 4.78 is 49.7. The topological polar surface area (TPSA) is 55.1 Å². The summed E-state index contributed by atoms with van der Waals surface area (Å²) in [6.07, 6.45) is -4.07. The van der Waals surface area contributed by atoms with E-state index >= 15 is 0 Å². The van der Waals surface area contributed by atoms with Gasteiger partial charge < -0.3 is 11.1 Å². The van der Waals surface area contributed by atoms with E-state index in [9.17, 15) is 22.4 Å². The standard InChI is InChI=1S/C10H9BrF4N2O/c1-4-2-5(11)7(3-6(4)16)17-9(18)10(14,15)8(12)13/h2-3,8H,16H2,1H3,(H,17,18). The van der Waals surface area contributed by atoms with Crippen LogP contribution in [-0.4, -0.2) is 18.3 Å². The number of halogens is 5. The van der Waals surface area contributed by atoms with Gasteiger partial charge in [0.2, 0.25) is 0 Å². The van der Waals surface area contributed by atoms with Crippen molar-refractivity contribution in [3.8, 4) is 0 Å². The highest BCUT2D eigenvalue weighted by atomic mass is 79.9. The Morgan fingerprint density at radius 3 is 2.50 bits per heavy atom. The highest BCUT2D eigenvalue weighted by Crippen LogP contribution is 2.30. The molecule has 1 aromatic carbocycles. The van der Waals surface area contributed by atoms with Gasteiger partial charge in [0.25, 0.3) is 0 Å². The fourth-order valence-corrected chi connectivity index (χ4v) is 1.65. The van der Waals surface area contributed by atoms with Crippen LogP contribution in [0, 0.1) is 6.92 Å². The molecule has 0 fully saturated rings. The van der Waals surface area contributed by atoms with Crippen molar-refractivity contribution in [1.82, 2.24) is 0 Å². The molecule has 3 nitrogen and oxygen atoms in total. The van der Waals surface area contributed by atoms with E-state index in [4.69, 9.17) is 5.73 Å². The summed E-state index contributed by atoms with van der Waals surface area (Å²) in [5.41, 5.74) is 6.33. The maximum absolute atomic E-state index is 12.7. The SMILES string of the molecule is Cc1cc(Br)c(NC(=O)C(F)(F)C(F)F)cc1N. The van der Waals surface area contributed by atoms with E-state index in [0.29, 0.717) is 5.56 Å². The van der Waals surface area contributed by atoms with Crippen molar-refractivity contribution in [1.29, 1.82) is 0 Å². The summed E-state index contributed by atoms with van der Waals surface area (Å²) in [5.74, 6) is -6.83. The molecule has 0 aromatic heterocycles. The maximum atomic E-state index is 12.7. The summed E-state index contributed by atoms with van der Waals surface area (Å²) in [4.78, 5) is 11.0. The lowest BCUT2D eigenvalue weighted by molar-refractivity contribution is -0.163. The number of anilines is 2. The first-order chi connectivity index (χ1) is 8.16. The van der Waals surface area contributed by atoms with Crippen LogP contribution < -0.4 is 11.1 Å². The van der Waals surface area contributed by atoms with Crippen molar-refractivity contribution < 1.29 is 22.4 Å². The number of rotatable bonds is 3. The van der Waals surface area contributed by atoms with Crippen molar-refractivity contribution in [3.63, 3.8) is 0 Å². The largest absolute Gasteiger partial charge is 0.398 e. The lowest BCUT2D eigenvalue weighted by Crippen LogP contribution is -2.41. The Labute approximate surface area is 108 Å². The number of aryl methyl sites for hydroxylation is 1. The van der Waals surface area contributed by atoms with Gasteiger partial charge in [-0.3, -0.25) is 4.79 Å². The number of hydrogen-bond donors (Lipinski definition) is 2. The highest BCUT2D eigenvalue weighted by Gasteiger charge is 2.49. The molecule has 0 aliphatic heterocycles. The molecule has 1 aromatic rings. The molecule has 100 valence electrons. The Bertz CT molecular complexity index is 479. The molecule has 3 N–H and O–H groups in total. The van der Waals surface area contributed by atoms with E-state index in [1.807, 2.05) is 0 Å². The molecule has 0 aliphatic rings. The number of carbonyl (C=O) groups is 1. The highest BCUT2D eigenvalue weighted by molar-refractivity contribution is 9.10. The quantitative estimate of drug-likeness (QED) is 0.661. The number of alkyl halides is 4. The molecule has 0 saturated carbocycles. The van der Waals surface area contributed by atoms with Gasteiger partial charge in [0.05, 0.1) is 5.69 Å². The van der Waals surface area contributed by atoms with Gasteiger partial charge in [0.15, 0.2) is 0 Å². The number of benzene rings is 1. The molecule has 0 spiro atoms. The third kappa shape index (κ3) is 2.92. The zero-order valence-electron chi connectivity index (χ0n) is 9.11. The summed E-state index contributed by atoms with van der Waals surface area (Å²) in [5, 5.41) is 1.70. The Morgan fingerprint density at radius 1 is 1.44 bits per heavy atom. The van der Waals surface area contributed by atoms with Crippen molar-refractivity contribution in [2.75, 3.05) is 11.1 Å². The van der Waals surface area contributed by atoms with Crippen LogP contribution in [0.15, 0.2) is 16.6 Å². The van der Waals surface area contributed by atoms with Gasteiger partial charge in [0, 0.05) is 10.2 Å². The molecule has 8 heteroatoms. The zero-order valence-corrected chi connectivity index (χ0v) is 10.7. The Morgan fingerprint density at radius 2 is 2.00 bits per heavy atom. The number of amides is 1. The molecule has 1 amide bonds. The van der Waals surface area contributed by atoms with Crippen LogP contribution in [0.25, 0.3) is 0 Å². The van der Waals surface area contributed by atoms with Gasteiger partial charge in [-0.05, 0) is 40.5 Å². The van der Waals surface area contributed by atoms with E-state index in [0.717, 1.165) is 0 Å². The molecule has 18 heavy (non-hydrogen) atoms. The van der Waals surface area contributed by atoms with Crippen LogP contribution >= 0.6 is 15.9 Å². The third-order valence-corrected chi connectivity index (χ3v) is 2.84. The number of nitrogens with two attached hydrogens (primary N) is 1. The normalized spacial score (nSPS) is 11.7. The van der Waals surface area contributed by atoms with Crippen LogP contribution in [-0.2, 0) is 4.79 Å². The Balaban J connectivity index is 2.99. The van der Waals surface area contributed by atoms with Crippen LogP contribution in [0.4, 0.5) is 28.9 Å². The predicted octanol–water partition coefficient (Wildman–Crippen LogP) is 3.18. The van der Waals surface area contributed by atoms with E-state index in [1.54, 1.807) is 12.2 Å². The van der Waals surface area contributed by atoms with Crippen molar-refractivity contribution >= 4 is 33.2 Å². The third-order valence-electron chi connectivity index (χ3n) is 2.18. The minimum atomic E-state index is -4.75. The van der Waals surface area contributed by atoms with Crippen LogP contribution in [0.1, 0.15) is 5.56 Å². The fraction of sp³-hybridized carbons (Fsp3) is 0.300. The molecule has 0 radical (unpaired) electrons. The number of carbonyl (C=O) groups excluding carboxylic acids is 1. The molecular formula is C10H9BrF4N2O. The Hall–Kier alpha value is -1.31. The maximum Gasteiger partial charge on any atom is 0.383 e. The molecule has 0 saturated heterocycles. The summed E-state index contributed by atoms with van der Waals surface area (Å²) in [6, 6.07) is 2.68. The van der Waals surface area contributed by atoms with Crippen LogP contribution in [0.3, 0.4) is 0 Å². The first-order valence-corrected chi connectivity index (χ1v) is 5.48. The second-order valence-electron chi connectivity index (χ2n) is 3.57. The molecule has 0 aliphatic carbocycles. The van der Waals surface area contributed by atoms with E-state index in [1.165, 1.54) is 12.1 Å². The summed E-state index contributed by atoms with van der Waals surface area (Å²) >= 11 is 3.01. The molecular weight excluding hydrogens is 320 g/mol. The van der Waals surface area contributed by atoms with Crippen molar-refractivity contribution in [2.45, 2.75) is 19.3 Å². The van der Waals surface area contributed by atoms with Gasteiger partial charge in [0.1, 0.15) is 0 Å². The van der Waals surface area contributed by atoms with Gasteiger partial charge in [-0.25, -0.2) is 8.78 Å². The molecule has 0 atom stereocenters. The van der Waals surface area contributed by atoms with Gasteiger partial charge in [-0.2, -0.15) is 8.78 Å². The summed E-state index contributed by atoms with van der Waals surface area (Å²) in [7, 11) is 0. The molecule has 1 rings (SSSR count). The van der Waals surface area contributed by atoms with Crippen LogP contribution in [0.2, 0.25) is 0 Å². The van der Waals surface area contributed by atoms with Gasteiger partial charge >= 0.3 is 18.3 Å². The van der Waals surface area contributed by atoms with E-state index in [-0.39, 0.29) is 15.8 Å². The average molecular weight is 329 g/mol. The zero-order chi connectivity index (χ0) is 14.1. The minimum absolute atomic E-state index is 0.0941.